The zero-order valence-corrected chi connectivity index (χ0v) is 10.4. The molecule has 0 saturated heterocycles. The first-order valence-electron chi connectivity index (χ1n) is 5.26. The SMILES string of the molecule is O=C(O)c1cc(F)ccc1CSc1nccc(=O)[nH]1. The topological polar surface area (TPSA) is 83.0 Å². The molecule has 0 aliphatic rings. The number of H-pyrrole nitrogens is 1. The average molecular weight is 280 g/mol. The lowest BCUT2D eigenvalue weighted by atomic mass is 10.1. The van der Waals surface area contributed by atoms with Crippen LogP contribution in [0.3, 0.4) is 0 Å². The Morgan fingerprint density at radius 1 is 1.42 bits per heavy atom. The number of halogens is 1. The van der Waals surface area contributed by atoms with E-state index in [2.05, 4.69) is 9.97 Å². The van der Waals surface area contributed by atoms with Crippen molar-refractivity contribution >= 4 is 17.7 Å². The van der Waals surface area contributed by atoms with E-state index in [-0.39, 0.29) is 16.9 Å². The minimum absolute atomic E-state index is 0.0919. The molecule has 98 valence electrons. The fraction of sp³-hybridized carbons (Fsp3) is 0.0833. The molecule has 0 bridgehead atoms. The van der Waals surface area contributed by atoms with Crippen LogP contribution in [0.1, 0.15) is 15.9 Å². The predicted octanol–water partition coefficient (Wildman–Crippen LogP) is 1.90. The number of carboxylic acid groups (broad SMARTS) is 1. The van der Waals surface area contributed by atoms with Gasteiger partial charge >= 0.3 is 5.97 Å². The number of carboxylic acids is 1. The molecule has 0 unspecified atom stereocenters. The second-order valence-electron chi connectivity index (χ2n) is 3.63. The number of hydrogen-bond acceptors (Lipinski definition) is 4. The monoisotopic (exact) mass is 280 g/mol. The van der Waals surface area contributed by atoms with Gasteiger partial charge in [-0.25, -0.2) is 14.2 Å². The summed E-state index contributed by atoms with van der Waals surface area (Å²) in [5.74, 6) is -1.52. The van der Waals surface area contributed by atoms with Crippen molar-refractivity contribution in [2.45, 2.75) is 10.9 Å². The summed E-state index contributed by atoms with van der Waals surface area (Å²) in [6.45, 7) is 0. The maximum absolute atomic E-state index is 13.0. The summed E-state index contributed by atoms with van der Waals surface area (Å²) >= 11 is 1.17. The van der Waals surface area contributed by atoms with Gasteiger partial charge in [0.05, 0.1) is 5.56 Å². The van der Waals surface area contributed by atoms with Crippen LogP contribution in [-0.4, -0.2) is 21.0 Å². The van der Waals surface area contributed by atoms with Gasteiger partial charge in [-0.2, -0.15) is 0 Å². The van der Waals surface area contributed by atoms with Gasteiger partial charge in [0.25, 0.3) is 5.56 Å². The van der Waals surface area contributed by atoms with Gasteiger partial charge in [0.15, 0.2) is 5.16 Å². The van der Waals surface area contributed by atoms with Crippen molar-refractivity contribution in [3.63, 3.8) is 0 Å². The summed E-state index contributed by atoms with van der Waals surface area (Å²) in [6.07, 6.45) is 1.37. The molecule has 1 aromatic heterocycles. The Bertz CT molecular complexity index is 672. The molecule has 0 fully saturated rings. The number of nitrogens with one attached hydrogen (secondary N) is 1. The van der Waals surface area contributed by atoms with Gasteiger partial charge in [-0.15, -0.1) is 0 Å². The molecule has 1 aromatic carbocycles. The van der Waals surface area contributed by atoms with Gasteiger partial charge in [0.2, 0.25) is 0 Å². The van der Waals surface area contributed by atoms with Crippen LogP contribution in [0.5, 0.6) is 0 Å². The van der Waals surface area contributed by atoms with E-state index in [0.717, 1.165) is 6.07 Å². The van der Waals surface area contributed by atoms with Crippen LogP contribution >= 0.6 is 11.8 Å². The molecule has 0 saturated carbocycles. The molecular weight excluding hydrogens is 271 g/mol. The van der Waals surface area contributed by atoms with E-state index in [9.17, 15) is 14.0 Å². The molecular formula is C12H9FN2O3S. The Balaban J connectivity index is 2.20. The molecule has 19 heavy (non-hydrogen) atoms. The predicted molar refractivity (Wildman–Crippen MR) is 67.8 cm³/mol. The molecule has 0 spiro atoms. The normalized spacial score (nSPS) is 10.4. The molecule has 7 heteroatoms. The van der Waals surface area contributed by atoms with Crippen molar-refractivity contribution in [2.24, 2.45) is 0 Å². The molecule has 0 atom stereocenters. The van der Waals surface area contributed by atoms with Gasteiger partial charge in [-0.1, -0.05) is 17.8 Å². The first-order valence-corrected chi connectivity index (χ1v) is 6.24. The van der Waals surface area contributed by atoms with Gasteiger partial charge in [0, 0.05) is 18.0 Å². The van der Waals surface area contributed by atoms with E-state index >= 15 is 0 Å². The van der Waals surface area contributed by atoms with Gasteiger partial charge in [-0.05, 0) is 17.7 Å². The number of rotatable bonds is 4. The lowest BCUT2D eigenvalue weighted by Crippen LogP contribution is -2.06. The molecule has 1 heterocycles. The summed E-state index contributed by atoms with van der Waals surface area (Å²) in [5.41, 5.74) is 0.0891. The standard InChI is InChI=1S/C12H9FN2O3S/c13-8-2-1-7(9(5-8)11(17)18)6-19-12-14-4-3-10(16)15-12/h1-5H,6H2,(H,17,18)(H,14,15,16). The third-order valence-electron chi connectivity index (χ3n) is 2.31. The highest BCUT2D eigenvalue weighted by Gasteiger charge is 2.11. The summed E-state index contributed by atoms with van der Waals surface area (Å²) in [6, 6.07) is 4.86. The molecule has 2 aromatic rings. The molecule has 0 aliphatic heterocycles. The number of hydrogen-bond donors (Lipinski definition) is 2. The summed E-state index contributed by atoms with van der Waals surface area (Å²) in [4.78, 5) is 28.5. The molecule has 0 radical (unpaired) electrons. The maximum Gasteiger partial charge on any atom is 0.336 e. The van der Waals surface area contributed by atoms with Crippen LogP contribution in [0.4, 0.5) is 4.39 Å². The molecule has 0 amide bonds. The number of nitrogens with zero attached hydrogens (tertiary/aromatic N) is 1. The highest BCUT2D eigenvalue weighted by atomic mass is 32.2. The van der Waals surface area contributed by atoms with Gasteiger partial charge in [0.1, 0.15) is 5.82 Å². The van der Waals surface area contributed by atoms with E-state index in [0.29, 0.717) is 10.7 Å². The molecule has 5 nitrogen and oxygen atoms in total. The third-order valence-corrected chi connectivity index (χ3v) is 3.25. The fourth-order valence-corrected chi connectivity index (χ4v) is 2.30. The highest BCUT2D eigenvalue weighted by molar-refractivity contribution is 7.98. The number of thioether (sulfide) groups is 1. The number of aromatic amines is 1. The summed E-state index contributed by atoms with van der Waals surface area (Å²) < 4.78 is 13.0. The van der Waals surface area contributed by atoms with E-state index in [1.54, 1.807) is 0 Å². The largest absolute Gasteiger partial charge is 0.478 e. The van der Waals surface area contributed by atoms with Gasteiger partial charge < -0.3 is 10.1 Å². The quantitative estimate of drug-likeness (QED) is 0.660. The van der Waals surface area contributed by atoms with Crippen LogP contribution in [0.2, 0.25) is 0 Å². The van der Waals surface area contributed by atoms with Crippen LogP contribution in [0.25, 0.3) is 0 Å². The zero-order chi connectivity index (χ0) is 13.8. The molecule has 0 aliphatic carbocycles. The summed E-state index contributed by atoms with van der Waals surface area (Å²) in [5, 5.41) is 9.36. The third kappa shape index (κ3) is 3.41. The van der Waals surface area contributed by atoms with Crippen LogP contribution < -0.4 is 5.56 Å². The molecule has 2 rings (SSSR count). The van der Waals surface area contributed by atoms with E-state index in [4.69, 9.17) is 5.11 Å². The number of aromatic carboxylic acids is 1. The number of benzene rings is 1. The van der Waals surface area contributed by atoms with Crippen LogP contribution in [0, 0.1) is 5.82 Å². The number of aromatic nitrogens is 2. The van der Waals surface area contributed by atoms with Crippen molar-refractivity contribution in [1.82, 2.24) is 9.97 Å². The minimum Gasteiger partial charge on any atom is -0.478 e. The maximum atomic E-state index is 13.0. The Kier molecular flexibility index (Phi) is 3.96. The first kappa shape index (κ1) is 13.3. The van der Waals surface area contributed by atoms with Gasteiger partial charge in [-0.3, -0.25) is 4.79 Å². The van der Waals surface area contributed by atoms with Crippen LogP contribution in [0.15, 0.2) is 40.4 Å². The molecule has 2 N–H and O–H groups in total. The van der Waals surface area contributed by atoms with Crippen molar-refractivity contribution in [2.75, 3.05) is 0 Å². The Hall–Kier alpha value is -2.15. The Morgan fingerprint density at radius 2 is 2.21 bits per heavy atom. The van der Waals surface area contributed by atoms with E-state index in [1.807, 2.05) is 0 Å². The number of carbonyl (C=O) groups is 1. The van der Waals surface area contributed by atoms with E-state index in [1.165, 1.54) is 36.2 Å². The first-order chi connectivity index (χ1) is 9.06. The Morgan fingerprint density at radius 3 is 2.89 bits per heavy atom. The van der Waals surface area contributed by atoms with Crippen molar-refractivity contribution in [3.8, 4) is 0 Å². The lowest BCUT2D eigenvalue weighted by Gasteiger charge is -2.05. The lowest BCUT2D eigenvalue weighted by molar-refractivity contribution is 0.0695. The smallest absolute Gasteiger partial charge is 0.336 e. The Labute approximate surface area is 111 Å². The highest BCUT2D eigenvalue weighted by Crippen LogP contribution is 2.21. The second-order valence-corrected chi connectivity index (χ2v) is 4.60. The van der Waals surface area contributed by atoms with Crippen molar-refractivity contribution < 1.29 is 14.3 Å². The minimum atomic E-state index is -1.19. The second kappa shape index (κ2) is 5.66. The van der Waals surface area contributed by atoms with Crippen molar-refractivity contribution in [1.29, 1.82) is 0 Å². The summed E-state index contributed by atoms with van der Waals surface area (Å²) in [7, 11) is 0. The van der Waals surface area contributed by atoms with E-state index < -0.39 is 11.8 Å². The van der Waals surface area contributed by atoms with Crippen LogP contribution in [-0.2, 0) is 5.75 Å². The average Bonchev–Trinajstić information content (AvgIpc) is 2.37. The fourth-order valence-electron chi connectivity index (χ4n) is 1.45. The van der Waals surface area contributed by atoms with Crippen molar-refractivity contribution in [3.05, 3.63) is 57.8 Å². The zero-order valence-electron chi connectivity index (χ0n) is 9.59.